The Kier molecular flexibility index (Phi) is 6.64. The van der Waals surface area contributed by atoms with Gasteiger partial charge in [0, 0.05) is 18.7 Å². The fraction of sp³-hybridized carbons (Fsp3) is 0.467. The molecule has 0 spiro atoms. The average Bonchev–Trinajstić information content (AvgIpc) is 2.44. The Morgan fingerprint density at radius 2 is 1.79 bits per heavy atom. The van der Waals surface area contributed by atoms with Crippen LogP contribution in [0.15, 0.2) is 29.4 Å². The van der Waals surface area contributed by atoms with Crippen molar-refractivity contribution in [2.75, 3.05) is 20.2 Å². The van der Waals surface area contributed by atoms with Crippen molar-refractivity contribution in [1.29, 1.82) is 0 Å². The van der Waals surface area contributed by atoms with Crippen molar-refractivity contribution in [3.63, 3.8) is 0 Å². The molecule has 0 aliphatic rings. The maximum Gasteiger partial charge on any atom is 0.253 e. The molecule has 104 valence electrons. The molecule has 1 amide bonds. The van der Waals surface area contributed by atoms with E-state index < -0.39 is 0 Å². The maximum atomic E-state index is 12.3. The second-order valence-electron chi connectivity index (χ2n) is 4.33. The van der Waals surface area contributed by atoms with Crippen molar-refractivity contribution < 1.29 is 9.63 Å². The molecule has 0 fully saturated rings. The van der Waals surface area contributed by atoms with Gasteiger partial charge in [-0.2, -0.15) is 0 Å². The quantitative estimate of drug-likeness (QED) is 0.560. The Hall–Kier alpha value is -1.84. The minimum atomic E-state index is 0.0962. The van der Waals surface area contributed by atoms with Crippen LogP contribution in [0.5, 0.6) is 0 Å². The van der Waals surface area contributed by atoms with E-state index in [-0.39, 0.29) is 5.91 Å². The number of benzene rings is 1. The summed E-state index contributed by atoms with van der Waals surface area (Å²) >= 11 is 0. The molecule has 1 rings (SSSR count). The van der Waals surface area contributed by atoms with Crippen LogP contribution in [0.4, 0.5) is 0 Å². The van der Waals surface area contributed by atoms with E-state index in [0.717, 1.165) is 37.1 Å². The lowest BCUT2D eigenvalue weighted by Gasteiger charge is -2.21. The predicted molar refractivity (Wildman–Crippen MR) is 77.5 cm³/mol. The van der Waals surface area contributed by atoms with Crippen molar-refractivity contribution in [1.82, 2.24) is 4.90 Å². The van der Waals surface area contributed by atoms with Crippen LogP contribution in [0.1, 0.15) is 42.6 Å². The Bertz CT molecular complexity index is 407. The van der Waals surface area contributed by atoms with Gasteiger partial charge >= 0.3 is 0 Å². The fourth-order valence-corrected chi connectivity index (χ4v) is 1.86. The van der Waals surface area contributed by atoms with Gasteiger partial charge in [-0.05, 0) is 30.5 Å². The highest BCUT2D eigenvalue weighted by Crippen LogP contribution is 2.08. The molecule has 19 heavy (non-hydrogen) atoms. The number of oxime groups is 1. The van der Waals surface area contributed by atoms with Gasteiger partial charge in [-0.15, -0.1) is 0 Å². The van der Waals surface area contributed by atoms with Crippen molar-refractivity contribution in [2.24, 2.45) is 5.16 Å². The average molecular weight is 262 g/mol. The zero-order valence-electron chi connectivity index (χ0n) is 11.9. The van der Waals surface area contributed by atoms with E-state index in [1.54, 1.807) is 6.21 Å². The van der Waals surface area contributed by atoms with Crippen LogP contribution in [0.2, 0.25) is 0 Å². The molecule has 4 nitrogen and oxygen atoms in total. The molecule has 0 aromatic heterocycles. The standard InChI is InChI=1S/C15H22N2O2/c1-4-10-17(11-5-2)15(18)14-8-6-13(7-9-14)12-16-19-3/h6-9,12H,4-5,10-11H2,1-3H3. The molecule has 1 aromatic carbocycles. The number of carbonyl (C=O) groups excluding carboxylic acids is 1. The van der Waals surface area contributed by atoms with Crippen LogP contribution in [0.25, 0.3) is 0 Å². The molecular formula is C15H22N2O2. The van der Waals surface area contributed by atoms with Crippen LogP contribution in [0, 0.1) is 0 Å². The van der Waals surface area contributed by atoms with E-state index in [4.69, 9.17) is 0 Å². The Labute approximate surface area is 115 Å². The molecule has 0 aliphatic carbocycles. The van der Waals surface area contributed by atoms with Crippen LogP contribution in [-0.4, -0.2) is 37.2 Å². The van der Waals surface area contributed by atoms with Gasteiger partial charge in [0.25, 0.3) is 5.91 Å². The first-order chi connectivity index (χ1) is 9.22. The predicted octanol–water partition coefficient (Wildman–Crippen LogP) is 2.93. The lowest BCUT2D eigenvalue weighted by atomic mass is 10.1. The molecule has 0 saturated carbocycles. The highest BCUT2D eigenvalue weighted by atomic mass is 16.6. The summed E-state index contributed by atoms with van der Waals surface area (Å²) in [4.78, 5) is 18.8. The third kappa shape index (κ3) is 4.73. The highest BCUT2D eigenvalue weighted by molar-refractivity contribution is 5.95. The van der Waals surface area contributed by atoms with Gasteiger partial charge in [-0.25, -0.2) is 0 Å². The monoisotopic (exact) mass is 262 g/mol. The van der Waals surface area contributed by atoms with Crippen LogP contribution in [0.3, 0.4) is 0 Å². The van der Waals surface area contributed by atoms with Crippen LogP contribution < -0.4 is 0 Å². The van der Waals surface area contributed by atoms with E-state index in [1.807, 2.05) is 29.2 Å². The first kappa shape index (κ1) is 15.2. The number of amides is 1. The number of hydrogen-bond donors (Lipinski definition) is 0. The molecule has 0 bridgehead atoms. The molecule has 0 aliphatic heterocycles. The van der Waals surface area contributed by atoms with Crippen molar-refractivity contribution in [2.45, 2.75) is 26.7 Å². The van der Waals surface area contributed by atoms with E-state index in [0.29, 0.717) is 0 Å². The second-order valence-corrected chi connectivity index (χ2v) is 4.33. The molecule has 0 atom stereocenters. The van der Waals surface area contributed by atoms with Gasteiger partial charge in [0.05, 0.1) is 6.21 Å². The van der Waals surface area contributed by atoms with Gasteiger partial charge in [-0.3, -0.25) is 4.79 Å². The van der Waals surface area contributed by atoms with Gasteiger partial charge in [-0.1, -0.05) is 31.1 Å². The largest absolute Gasteiger partial charge is 0.399 e. The van der Waals surface area contributed by atoms with Crippen LogP contribution in [-0.2, 0) is 4.84 Å². The van der Waals surface area contributed by atoms with Gasteiger partial charge in [0.2, 0.25) is 0 Å². The maximum absolute atomic E-state index is 12.3. The first-order valence-corrected chi connectivity index (χ1v) is 6.68. The lowest BCUT2D eigenvalue weighted by Crippen LogP contribution is -2.32. The van der Waals surface area contributed by atoms with E-state index >= 15 is 0 Å². The molecule has 0 heterocycles. The number of rotatable bonds is 7. The Morgan fingerprint density at radius 3 is 2.26 bits per heavy atom. The Morgan fingerprint density at radius 1 is 1.21 bits per heavy atom. The summed E-state index contributed by atoms with van der Waals surface area (Å²) < 4.78 is 0. The summed E-state index contributed by atoms with van der Waals surface area (Å²) in [5, 5.41) is 3.69. The molecule has 0 unspecified atom stereocenters. The topological polar surface area (TPSA) is 41.9 Å². The van der Waals surface area contributed by atoms with Crippen molar-refractivity contribution in [3.8, 4) is 0 Å². The molecule has 0 radical (unpaired) electrons. The number of carbonyl (C=O) groups is 1. The Balaban J connectivity index is 2.77. The minimum Gasteiger partial charge on any atom is -0.399 e. The number of nitrogens with zero attached hydrogens (tertiary/aromatic N) is 2. The fourth-order valence-electron chi connectivity index (χ4n) is 1.86. The summed E-state index contributed by atoms with van der Waals surface area (Å²) in [6, 6.07) is 7.40. The zero-order valence-corrected chi connectivity index (χ0v) is 11.9. The minimum absolute atomic E-state index is 0.0962. The number of hydrogen-bond acceptors (Lipinski definition) is 3. The van der Waals surface area contributed by atoms with Crippen LogP contribution >= 0.6 is 0 Å². The summed E-state index contributed by atoms with van der Waals surface area (Å²) in [6.07, 6.45) is 3.57. The molecule has 1 aromatic rings. The van der Waals surface area contributed by atoms with E-state index in [2.05, 4.69) is 23.8 Å². The summed E-state index contributed by atoms with van der Waals surface area (Å²) in [5.74, 6) is 0.0962. The SMILES string of the molecule is CCCN(CCC)C(=O)c1ccc(C=NOC)cc1. The van der Waals surface area contributed by atoms with E-state index in [9.17, 15) is 4.79 Å². The molecule has 4 heteroatoms. The van der Waals surface area contributed by atoms with E-state index in [1.165, 1.54) is 7.11 Å². The molecule has 0 N–H and O–H groups in total. The summed E-state index contributed by atoms with van der Waals surface area (Å²) in [6.45, 7) is 5.78. The second kappa shape index (κ2) is 8.29. The normalized spacial score (nSPS) is 10.7. The molecule has 0 saturated heterocycles. The van der Waals surface area contributed by atoms with Crippen molar-refractivity contribution in [3.05, 3.63) is 35.4 Å². The third-order valence-electron chi connectivity index (χ3n) is 2.74. The zero-order chi connectivity index (χ0) is 14.1. The van der Waals surface area contributed by atoms with Crippen molar-refractivity contribution >= 4 is 12.1 Å². The van der Waals surface area contributed by atoms with Gasteiger partial charge < -0.3 is 9.74 Å². The highest BCUT2D eigenvalue weighted by Gasteiger charge is 2.13. The molecular weight excluding hydrogens is 240 g/mol. The van der Waals surface area contributed by atoms with Gasteiger partial charge in [0.15, 0.2) is 0 Å². The lowest BCUT2D eigenvalue weighted by molar-refractivity contribution is 0.0755. The summed E-state index contributed by atoms with van der Waals surface area (Å²) in [7, 11) is 1.50. The third-order valence-corrected chi connectivity index (χ3v) is 2.74. The smallest absolute Gasteiger partial charge is 0.253 e. The summed E-state index contributed by atoms with van der Waals surface area (Å²) in [5.41, 5.74) is 1.63. The first-order valence-electron chi connectivity index (χ1n) is 6.68. The van der Waals surface area contributed by atoms with Gasteiger partial charge in [0.1, 0.15) is 7.11 Å².